The molecule has 1 aromatic heterocycles. The summed E-state index contributed by atoms with van der Waals surface area (Å²) in [6, 6.07) is 12.3. The van der Waals surface area contributed by atoms with Gasteiger partial charge in [-0.15, -0.1) is 0 Å². The number of hydrogen-bond donors (Lipinski definition) is 1. The molecule has 3 aromatic rings. The van der Waals surface area contributed by atoms with Crippen LogP contribution in [0.5, 0.6) is 0 Å². The third-order valence-corrected chi connectivity index (χ3v) is 5.08. The Morgan fingerprint density at radius 3 is 2.21 bits per heavy atom. The number of aromatic nitrogens is 1. The van der Waals surface area contributed by atoms with E-state index in [4.69, 9.17) is 14.2 Å². The fourth-order valence-corrected chi connectivity index (χ4v) is 3.37. The Morgan fingerprint density at radius 2 is 1.50 bits per heavy atom. The molecule has 0 saturated carbocycles. The summed E-state index contributed by atoms with van der Waals surface area (Å²) in [6.07, 6.45) is 2.08. The van der Waals surface area contributed by atoms with E-state index in [1.54, 1.807) is 50.4 Å². The maximum absolute atomic E-state index is 12.5. The minimum atomic E-state index is -0.490. The Labute approximate surface area is 198 Å². The molecule has 0 unspecified atom stereocenters. The maximum Gasteiger partial charge on any atom is 0.346 e. The monoisotopic (exact) mass is 465 g/mol. The number of nitrogens with one attached hydrogen (secondary N) is 2. The van der Waals surface area contributed by atoms with Gasteiger partial charge < -0.3 is 19.5 Å². The highest BCUT2D eigenvalue weighted by molar-refractivity contribution is 6.05. The second-order valence-corrected chi connectivity index (χ2v) is 7.56. The summed E-state index contributed by atoms with van der Waals surface area (Å²) in [6.45, 7) is 6.55. The standard InChI is InChI=1S/C26H28N2O6/c1-4-32-25(30)19-11-12-22-20(15-19)23(21(16-28-22)26(31)33-5-2)27-13-6-14-34-24(29)18-9-7-17(3)8-10-18/h7-12,15-16H,4-6,13-14H2,1-3H3,(H,27,28)/p+1. The normalized spacial score (nSPS) is 10.6. The zero-order chi connectivity index (χ0) is 24.5. The van der Waals surface area contributed by atoms with E-state index in [0.717, 1.165) is 11.1 Å². The average Bonchev–Trinajstić information content (AvgIpc) is 2.84. The number of anilines is 1. The van der Waals surface area contributed by atoms with Crippen molar-refractivity contribution < 1.29 is 33.6 Å². The summed E-state index contributed by atoms with van der Waals surface area (Å²) in [5.41, 5.74) is 3.51. The quantitative estimate of drug-likeness (QED) is 0.274. The summed E-state index contributed by atoms with van der Waals surface area (Å²) in [7, 11) is 0. The van der Waals surface area contributed by atoms with E-state index in [1.807, 2.05) is 19.1 Å². The number of esters is 3. The molecule has 178 valence electrons. The first-order valence-electron chi connectivity index (χ1n) is 11.2. The summed E-state index contributed by atoms with van der Waals surface area (Å²) >= 11 is 0. The second-order valence-electron chi connectivity index (χ2n) is 7.56. The molecule has 0 aliphatic rings. The first-order chi connectivity index (χ1) is 16.4. The average molecular weight is 466 g/mol. The number of hydrogen-bond acceptors (Lipinski definition) is 7. The fraction of sp³-hybridized carbons (Fsp3) is 0.308. The predicted molar refractivity (Wildman–Crippen MR) is 127 cm³/mol. The molecule has 2 aromatic carbocycles. The van der Waals surface area contributed by atoms with Crippen LogP contribution in [-0.2, 0) is 14.2 Å². The van der Waals surface area contributed by atoms with Gasteiger partial charge >= 0.3 is 17.9 Å². The van der Waals surface area contributed by atoms with Gasteiger partial charge in [-0.1, -0.05) is 17.7 Å². The Bertz CT molecular complexity index is 1170. The van der Waals surface area contributed by atoms with E-state index in [9.17, 15) is 14.4 Å². The van der Waals surface area contributed by atoms with Crippen LogP contribution in [0.15, 0.2) is 48.7 Å². The van der Waals surface area contributed by atoms with Crippen molar-refractivity contribution in [3.8, 4) is 0 Å². The smallest absolute Gasteiger partial charge is 0.346 e. The van der Waals surface area contributed by atoms with Crippen molar-refractivity contribution in [2.75, 3.05) is 31.7 Å². The van der Waals surface area contributed by atoms with Crippen molar-refractivity contribution >= 4 is 34.5 Å². The number of ether oxygens (including phenoxy) is 3. The van der Waals surface area contributed by atoms with E-state index < -0.39 is 11.9 Å². The predicted octanol–water partition coefficient (Wildman–Crippen LogP) is 3.97. The van der Waals surface area contributed by atoms with Gasteiger partial charge in [0.15, 0.2) is 6.20 Å². The Morgan fingerprint density at radius 1 is 0.853 bits per heavy atom. The highest BCUT2D eigenvalue weighted by atomic mass is 16.5. The van der Waals surface area contributed by atoms with E-state index in [0.29, 0.717) is 40.7 Å². The summed E-state index contributed by atoms with van der Waals surface area (Å²) in [4.78, 5) is 40.0. The van der Waals surface area contributed by atoms with Crippen molar-refractivity contribution in [3.63, 3.8) is 0 Å². The van der Waals surface area contributed by atoms with Crippen LogP contribution in [0.25, 0.3) is 10.9 Å². The molecule has 2 N–H and O–H groups in total. The molecule has 0 radical (unpaired) electrons. The lowest BCUT2D eigenvalue weighted by Gasteiger charge is -2.13. The number of pyridine rings is 1. The molecule has 0 spiro atoms. The fourth-order valence-electron chi connectivity index (χ4n) is 3.37. The molecule has 8 nitrogen and oxygen atoms in total. The molecule has 0 aliphatic heterocycles. The van der Waals surface area contributed by atoms with Gasteiger partial charge in [-0.25, -0.2) is 19.4 Å². The van der Waals surface area contributed by atoms with Crippen LogP contribution in [0.2, 0.25) is 0 Å². The summed E-state index contributed by atoms with van der Waals surface area (Å²) in [5.74, 6) is -1.32. The number of fused-ring (bicyclic) bond motifs is 1. The molecule has 0 aliphatic carbocycles. The zero-order valence-corrected chi connectivity index (χ0v) is 19.6. The van der Waals surface area contributed by atoms with Gasteiger partial charge in [0.05, 0.1) is 42.0 Å². The van der Waals surface area contributed by atoms with Crippen molar-refractivity contribution in [3.05, 3.63) is 70.9 Å². The molecule has 0 amide bonds. The SMILES string of the molecule is CCOC(=O)c1ccc2[nH+]cc(C(=O)OCC)c(NCCCOC(=O)c3ccc(C)cc3)c2c1. The van der Waals surface area contributed by atoms with E-state index in [1.165, 1.54) is 0 Å². The highest BCUT2D eigenvalue weighted by Gasteiger charge is 2.21. The number of carbonyl (C=O) groups is 3. The van der Waals surface area contributed by atoms with Gasteiger partial charge in [0.25, 0.3) is 0 Å². The lowest BCUT2D eigenvalue weighted by molar-refractivity contribution is -0.344. The summed E-state index contributed by atoms with van der Waals surface area (Å²) in [5, 5.41) is 3.90. The van der Waals surface area contributed by atoms with E-state index in [2.05, 4.69) is 10.3 Å². The Hall–Kier alpha value is -3.94. The minimum absolute atomic E-state index is 0.208. The lowest BCUT2D eigenvalue weighted by Crippen LogP contribution is -2.18. The number of carbonyl (C=O) groups excluding carboxylic acids is 3. The molecule has 34 heavy (non-hydrogen) atoms. The Kier molecular flexibility index (Phi) is 8.56. The van der Waals surface area contributed by atoms with Crippen LogP contribution in [0.1, 0.15) is 56.9 Å². The lowest BCUT2D eigenvalue weighted by atomic mass is 10.1. The number of benzene rings is 2. The number of aromatic amines is 1. The maximum atomic E-state index is 12.5. The third kappa shape index (κ3) is 6.10. The molecule has 1 heterocycles. The van der Waals surface area contributed by atoms with Gasteiger partial charge in [0.2, 0.25) is 5.52 Å². The molecule has 8 heteroatoms. The van der Waals surface area contributed by atoms with Crippen LogP contribution in [-0.4, -0.2) is 44.3 Å². The van der Waals surface area contributed by atoms with Gasteiger partial charge in [0, 0.05) is 12.6 Å². The minimum Gasteiger partial charge on any atom is -0.462 e. The zero-order valence-electron chi connectivity index (χ0n) is 19.6. The Balaban J connectivity index is 1.75. The van der Waals surface area contributed by atoms with Crippen LogP contribution in [0.3, 0.4) is 0 Å². The van der Waals surface area contributed by atoms with E-state index >= 15 is 0 Å². The molecular weight excluding hydrogens is 436 g/mol. The molecule has 0 bridgehead atoms. The number of H-pyrrole nitrogens is 1. The second kappa shape index (κ2) is 11.8. The van der Waals surface area contributed by atoms with Crippen LogP contribution in [0, 0.1) is 6.92 Å². The van der Waals surface area contributed by atoms with Gasteiger partial charge in [0.1, 0.15) is 5.56 Å². The van der Waals surface area contributed by atoms with Crippen molar-refractivity contribution in [2.45, 2.75) is 27.2 Å². The first kappa shape index (κ1) is 24.7. The molecule has 0 saturated heterocycles. The van der Waals surface area contributed by atoms with E-state index in [-0.39, 0.29) is 25.8 Å². The van der Waals surface area contributed by atoms with Gasteiger partial charge in [-0.3, -0.25) is 0 Å². The topological polar surface area (TPSA) is 105 Å². The van der Waals surface area contributed by atoms with Crippen LogP contribution >= 0.6 is 0 Å². The third-order valence-electron chi connectivity index (χ3n) is 5.08. The number of rotatable bonds is 10. The van der Waals surface area contributed by atoms with Crippen LogP contribution in [0.4, 0.5) is 5.69 Å². The molecular formula is C26H29N2O6+. The molecule has 3 rings (SSSR count). The van der Waals surface area contributed by atoms with Crippen molar-refractivity contribution in [1.29, 1.82) is 0 Å². The van der Waals surface area contributed by atoms with Crippen molar-refractivity contribution in [1.82, 2.24) is 0 Å². The highest BCUT2D eigenvalue weighted by Crippen LogP contribution is 2.26. The number of aryl methyl sites for hydroxylation is 1. The van der Waals surface area contributed by atoms with Gasteiger partial charge in [-0.05, 0) is 51.5 Å². The first-order valence-corrected chi connectivity index (χ1v) is 11.2. The summed E-state index contributed by atoms with van der Waals surface area (Å²) < 4.78 is 15.6. The largest absolute Gasteiger partial charge is 0.462 e. The van der Waals surface area contributed by atoms with Crippen LogP contribution < -0.4 is 10.3 Å². The van der Waals surface area contributed by atoms with Crippen molar-refractivity contribution in [2.24, 2.45) is 0 Å². The van der Waals surface area contributed by atoms with Gasteiger partial charge in [-0.2, -0.15) is 0 Å². The molecule has 0 fully saturated rings. The molecule has 0 atom stereocenters.